The van der Waals surface area contributed by atoms with Crippen LogP contribution in [0, 0.1) is 0 Å². The van der Waals surface area contributed by atoms with E-state index in [1.165, 1.54) is 0 Å². The monoisotopic (exact) mass is 162 g/mol. The molecular formula is C2H6Cl2P2. The second-order valence-corrected chi connectivity index (χ2v) is 6.60. The molecule has 0 amide bonds. The minimum absolute atomic E-state index is 0.364. The van der Waals surface area contributed by atoms with E-state index >= 15 is 0 Å². The number of halogens is 2. The Kier molecular flexibility index (Phi) is 4.27. The normalized spacial score (nSPS) is 15.5. The fourth-order valence-electron chi connectivity index (χ4n) is 0. The summed E-state index contributed by atoms with van der Waals surface area (Å²) in [7, 11) is 2.54. The lowest BCUT2D eigenvalue weighted by atomic mass is 11.0. The summed E-state index contributed by atoms with van der Waals surface area (Å²) in [4.78, 5) is 0. The van der Waals surface area contributed by atoms with E-state index in [9.17, 15) is 0 Å². The van der Waals surface area contributed by atoms with Crippen LogP contribution < -0.4 is 0 Å². The molecule has 0 saturated carbocycles. The van der Waals surface area contributed by atoms with Gasteiger partial charge in [-0.15, -0.1) is 9.24 Å². The minimum Gasteiger partial charge on any atom is -0.128 e. The van der Waals surface area contributed by atoms with Crippen LogP contribution in [0.25, 0.3) is 0 Å². The van der Waals surface area contributed by atoms with Crippen molar-refractivity contribution in [2.75, 3.05) is 0 Å². The van der Waals surface area contributed by atoms with Crippen LogP contribution in [-0.4, -0.2) is 5.40 Å². The molecule has 0 heterocycles. The lowest BCUT2D eigenvalue weighted by molar-refractivity contribution is 1.42. The Morgan fingerprint density at radius 3 is 1.83 bits per heavy atom. The molecule has 0 saturated heterocycles. The Morgan fingerprint density at radius 1 is 1.67 bits per heavy atom. The molecule has 38 valence electrons. The molecule has 4 heteroatoms. The molecule has 0 aromatic rings. The van der Waals surface area contributed by atoms with Crippen LogP contribution in [0.4, 0.5) is 0 Å². The van der Waals surface area contributed by atoms with Crippen molar-refractivity contribution in [3.63, 3.8) is 0 Å². The van der Waals surface area contributed by atoms with E-state index < -0.39 is 6.63 Å². The highest BCUT2D eigenvalue weighted by Gasteiger charge is 2.01. The average molecular weight is 163 g/mol. The molecule has 0 aromatic heterocycles. The summed E-state index contributed by atoms with van der Waals surface area (Å²) in [5.41, 5.74) is 0. The van der Waals surface area contributed by atoms with Gasteiger partial charge in [-0.1, -0.05) is 29.4 Å². The molecule has 0 fully saturated rings. The molecule has 0 aliphatic carbocycles. The summed E-state index contributed by atoms with van der Waals surface area (Å²) in [6, 6.07) is 0. The van der Waals surface area contributed by atoms with Crippen LogP contribution in [0.2, 0.25) is 0 Å². The van der Waals surface area contributed by atoms with E-state index in [-0.39, 0.29) is 0 Å². The van der Waals surface area contributed by atoms with Gasteiger partial charge >= 0.3 is 0 Å². The fraction of sp³-hybridized carbons (Fsp3) is 1.00. The predicted octanol–water partition coefficient (Wildman–Crippen LogP) is 3.00. The van der Waals surface area contributed by atoms with Gasteiger partial charge in [0.2, 0.25) is 0 Å². The molecule has 0 radical (unpaired) electrons. The first-order valence-electron chi connectivity index (χ1n) is 1.51. The highest BCUT2D eigenvalue weighted by Crippen LogP contribution is 2.53. The van der Waals surface area contributed by atoms with E-state index in [0.717, 1.165) is 0 Å². The van der Waals surface area contributed by atoms with E-state index in [1.54, 1.807) is 0 Å². The van der Waals surface area contributed by atoms with Gasteiger partial charge < -0.3 is 0 Å². The Balaban J connectivity index is 2.99. The van der Waals surface area contributed by atoms with E-state index in [2.05, 4.69) is 9.24 Å². The minimum atomic E-state index is -0.752. The summed E-state index contributed by atoms with van der Waals surface area (Å²) < 4.78 is 0. The van der Waals surface area contributed by atoms with Crippen molar-refractivity contribution in [3.05, 3.63) is 0 Å². The van der Waals surface area contributed by atoms with Crippen molar-refractivity contribution < 1.29 is 0 Å². The van der Waals surface area contributed by atoms with Gasteiger partial charge in [-0.2, -0.15) is 0 Å². The smallest absolute Gasteiger partial charge is 0.0921 e. The Labute approximate surface area is 51.1 Å². The van der Waals surface area contributed by atoms with Gasteiger partial charge in [0.05, 0.1) is 6.63 Å². The fourth-order valence-corrected chi connectivity index (χ4v) is 0. The topological polar surface area (TPSA) is 0 Å². The number of rotatable bonds is 1. The molecular weight excluding hydrogens is 157 g/mol. The zero-order chi connectivity index (χ0) is 5.15. The van der Waals surface area contributed by atoms with Crippen molar-refractivity contribution in [2.24, 2.45) is 0 Å². The van der Waals surface area contributed by atoms with Crippen molar-refractivity contribution >= 4 is 38.3 Å². The highest BCUT2D eigenvalue weighted by molar-refractivity contribution is 8.06. The maximum absolute atomic E-state index is 5.42. The number of hydrogen-bond donors (Lipinski definition) is 0. The summed E-state index contributed by atoms with van der Waals surface area (Å²) >= 11 is 10.8. The molecule has 0 nitrogen and oxygen atoms in total. The lowest BCUT2D eigenvalue weighted by Gasteiger charge is -1.99. The van der Waals surface area contributed by atoms with E-state index in [0.29, 0.717) is 5.40 Å². The third-order valence-corrected chi connectivity index (χ3v) is 4.80. The molecule has 0 aromatic carbocycles. The summed E-state index contributed by atoms with van der Waals surface area (Å²) in [5.74, 6) is 0. The van der Waals surface area contributed by atoms with Crippen LogP contribution in [0.5, 0.6) is 0 Å². The SMILES string of the molecule is CC(P)P(Cl)Cl. The van der Waals surface area contributed by atoms with Gasteiger partial charge in [0.1, 0.15) is 0 Å². The van der Waals surface area contributed by atoms with Gasteiger partial charge in [0, 0.05) is 5.40 Å². The summed E-state index contributed by atoms with van der Waals surface area (Å²) in [6.07, 6.45) is 0. The van der Waals surface area contributed by atoms with E-state index in [1.807, 2.05) is 6.92 Å². The van der Waals surface area contributed by atoms with Gasteiger partial charge in [-0.3, -0.25) is 0 Å². The molecule has 0 bridgehead atoms. The Morgan fingerprint density at radius 2 is 1.83 bits per heavy atom. The molecule has 2 atom stereocenters. The molecule has 0 aliphatic heterocycles. The van der Waals surface area contributed by atoms with Crippen LogP contribution in [-0.2, 0) is 0 Å². The Hall–Kier alpha value is 1.44. The molecule has 0 spiro atoms. The lowest BCUT2D eigenvalue weighted by Crippen LogP contribution is -1.71. The van der Waals surface area contributed by atoms with Crippen molar-refractivity contribution in [3.8, 4) is 0 Å². The standard InChI is InChI=1S/C2H6Cl2P2/c1-2(5)6(3)4/h2H,5H2,1H3. The third kappa shape index (κ3) is 3.62. The summed E-state index contributed by atoms with van der Waals surface area (Å²) in [6.45, 7) is 1.22. The van der Waals surface area contributed by atoms with Crippen LogP contribution >= 0.6 is 38.3 Å². The summed E-state index contributed by atoms with van der Waals surface area (Å²) in [5, 5.41) is 0.364. The molecule has 0 aliphatic rings. The van der Waals surface area contributed by atoms with Gasteiger partial charge in [-0.25, -0.2) is 0 Å². The maximum Gasteiger partial charge on any atom is 0.0921 e. The zero-order valence-electron chi connectivity index (χ0n) is 3.36. The number of hydrogen-bond acceptors (Lipinski definition) is 0. The van der Waals surface area contributed by atoms with Gasteiger partial charge in [0.25, 0.3) is 0 Å². The predicted molar refractivity (Wildman–Crippen MR) is 37.8 cm³/mol. The molecule has 6 heavy (non-hydrogen) atoms. The third-order valence-electron chi connectivity index (χ3n) is 0.308. The second-order valence-electron chi connectivity index (χ2n) is 1.000. The zero-order valence-corrected chi connectivity index (χ0v) is 6.92. The van der Waals surface area contributed by atoms with Crippen LogP contribution in [0.3, 0.4) is 0 Å². The second kappa shape index (κ2) is 3.44. The first kappa shape index (κ1) is 7.44. The van der Waals surface area contributed by atoms with Crippen LogP contribution in [0.1, 0.15) is 6.92 Å². The van der Waals surface area contributed by atoms with Gasteiger partial charge in [-0.05, 0) is 0 Å². The van der Waals surface area contributed by atoms with Crippen molar-refractivity contribution in [2.45, 2.75) is 12.3 Å². The Bertz CT molecular complexity index is 30.5. The first-order chi connectivity index (χ1) is 2.64. The van der Waals surface area contributed by atoms with Gasteiger partial charge in [0.15, 0.2) is 0 Å². The molecule has 0 N–H and O–H groups in total. The first-order valence-corrected chi connectivity index (χ1v) is 5.39. The highest BCUT2D eigenvalue weighted by atomic mass is 35.9. The van der Waals surface area contributed by atoms with Crippen molar-refractivity contribution in [1.29, 1.82) is 0 Å². The maximum atomic E-state index is 5.42. The van der Waals surface area contributed by atoms with Crippen molar-refractivity contribution in [1.82, 2.24) is 0 Å². The molecule has 0 rings (SSSR count). The molecule has 2 unspecified atom stereocenters. The van der Waals surface area contributed by atoms with E-state index in [4.69, 9.17) is 22.5 Å². The van der Waals surface area contributed by atoms with Crippen LogP contribution in [0.15, 0.2) is 0 Å². The quantitative estimate of drug-likeness (QED) is 0.521. The average Bonchev–Trinajstić information content (AvgIpc) is 1.36. The largest absolute Gasteiger partial charge is 0.128 e.